The molecule has 4 heteroatoms. The van der Waals surface area contributed by atoms with Crippen molar-refractivity contribution < 1.29 is 0 Å². The van der Waals surface area contributed by atoms with Crippen LogP contribution in [-0.4, -0.2) is 19.9 Å². The highest BCUT2D eigenvalue weighted by molar-refractivity contribution is 6.09. The molecule has 0 amide bonds. The second-order valence-corrected chi connectivity index (χ2v) is 15.4. The lowest BCUT2D eigenvalue weighted by Gasteiger charge is -2.13. The van der Waals surface area contributed by atoms with E-state index >= 15 is 0 Å². The Hall–Kier alpha value is -8.34. The largest absolute Gasteiger partial charge is 0.245 e. The molecule has 0 aliphatic carbocycles. The number of rotatable bonds is 8. The second-order valence-electron chi connectivity index (χ2n) is 15.4. The summed E-state index contributed by atoms with van der Waals surface area (Å²) in [4.78, 5) is 20.7. The van der Waals surface area contributed by atoms with Gasteiger partial charge in [0, 0.05) is 38.6 Å². The van der Waals surface area contributed by atoms with Crippen LogP contribution in [0.4, 0.5) is 0 Å². The van der Waals surface area contributed by atoms with Crippen molar-refractivity contribution in [1.82, 2.24) is 19.9 Å². The minimum atomic E-state index is 0.697. The SMILES string of the molecule is c1ccc(-c2ccc(-c3cc(-c4ccc(-c5ccc(-c6cc(-c7ccccc7)c7ccc8ccc(-c9ccccc9)nc8c7n6)cc5)cc4)nc(-c4ccccc4)n3)cc2)cc1. The maximum atomic E-state index is 5.34. The molecule has 0 N–H and O–H groups in total. The highest BCUT2D eigenvalue weighted by atomic mass is 14.9. The molecule has 0 aliphatic rings. The summed E-state index contributed by atoms with van der Waals surface area (Å²) in [5.41, 5.74) is 17.4. The Balaban J connectivity index is 0.936. The monoisotopic (exact) mass is 790 g/mol. The van der Waals surface area contributed by atoms with Crippen molar-refractivity contribution in [3.05, 3.63) is 231 Å². The molecule has 3 heterocycles. The zero-order chi connectivity index (χ0) is 41.2. The first-order chi connectivity index (χ1) is 30.7. The fourth-order valence-electron chi connectivity index (χ4n) is 8.24. The van der Waals surface area contributed by atoms with E-state index in [9.17, 15) is 0 Å². The summed E-state index contributed by atoms with van der Waals surface area (Å²) in [6.45, 7) is 0. The minimum absolute atomic E-state index is 0.697. The molecule has 8 aromatic carbocycles. The Morgan fingerprint density at radius 1 is 0.226 bits per heavy atom. The molecule has 0 fully saturated rings. The van der Waals surface area contributed by atoms with Crippen LogP contribution in [0.15, 0.2) is 231 Å². The smallest absolute Gasteiger partial charge is 0.160 e. The first kappa shape index (κ1) is 36.7. The van der Waals surface area contributed by atoms with Crippen LogP contribution in [0.3, 0.4) is 0 Å². The molecule has 3 aromatic heterocycles. The van der Waals surface area contributed by atoms with Gasteiger partial charge >= 0.3 is 0 Å². The number of pyridine rings is 2. The van der Waals surface area contributed by atoms with Crippen molar-refractivity contribution >= 4 is 21.8 Å². The van der Waals surface area contributed by atoms with Gasteiger partial charge in [-0.3, -0.25) is 0 Å². The van der Waals surface area contributed by atoms with Gasteiger partial charge in [-0.1, -0.05) is 212 Å². The highest BCUT2D eigenvalue weighted by Crippen LogP contribution is 2.37. The van der Waals surface area contributed by atoms with Crippen LogP contribution in [0.1, 0.15) is 0 Å². The summed E-state index contributed by atoms with van der Waals surface area (Å²) in [7, 11) is 0. The van der Waals surface area contributed by atoms with Crippen molar-refractivity contribution in [1.29, 1.82) is 0 Å². The van der Waals surface area contributed by atoms with E-state index in [1.807, 2.05) is 30.3 Å². The van der Waals surface area contributed by atoms with Crippen LogP contribution in [0, 0.1) is 0 Å². The van der Waals surface area contributed by atoms with Crippen LogP contribution in [-0.2, 0) is 0 Å². The molecule has 0 saturated heterocycles. The molecular formula is C58H38N4. The Morgan fingerprint density at radius 2 is 0.597 bits per heavy atom. The van der Waals surface area contributed by atoms with Gasteiger partial charge in [0.25, 0.3) is 0 Å². The number of hydrogen-bond acceptors (Lipinski definition) is 4. The van der Waals surface area contributed by atoms with Gasteiger partial charge in [-0.2, -0.15) is 0 Å². The Morgan fingerprint density at radius 3 is 1.11 bits per heavy atom. The van der Waals surface area contributed by atoms with Gasteiger partial charge in [-0.25, -0.2) is 19.9 Å². The predicted octanol–water partition coefficient (Wildman–Crippen LogP) is 14.9. The first-order valence-electron chi connectivity index (χ1n) is 20.9. The minimum Gasteiger partial charge on any atom is -0.245 e. The lowest BCUT2D eigenvalue weighted by molar-refractivity contribution is 1.18. The molecular weight excluding hydrogens is 753 g/mol. The van der Waals surface area contributed by atoms with Crippen LogP contribution in [0.2, 0.25) is 0 Å². The number of nitrogens with zero attached hydrogens (tertiary/aromatic N) is 4. The second kappa shape index (κ2) is 16.0. The first-order valence-corrected chi connectivity index (χ1v) is 20.9. The summed E-state index contributed by atoms with van der Waals surface area (Å²) >= 11 is 0. The van der Waals surface area contributed by atoms with Gasteiger partial charge in [0.2, 0.25) is 0 Å². The van der Waals surface area contributed by atoms with E-state index in [0.717, 1.165) is 94.7 Å². The Bertz CT molecular complexity index is 3330. The van der Waals surface area contributed by atoms with E-state index in [0.29, 0.717) is 5.82 Å². The molecule has 290 valence electrons. The van der Waals surface area contributed by atoms with Crippen LogP contribution >= 0.6 is 0 Å². The maximum absolute atomic E-state index is 5.34. The molecule has 0 spiro atoms. The van der Waals surface area contributed by atoms with Crippen LogP contribution in [0.25, 0.3) is 112 Å². The fourth-order valence-corrected chi connectivity index (χ4v) is 8.24. The number of benzene rings is 8. The topological polar surface area (TPSA) is 51.6 Å². The van der Waals surface area contributed by atoms with Gasteiger partial charge in [-0.05, 0) is 51.6 Å². The number of aromatic nitrogens is 4. The normalized spacial score (nSPS) is 11.2. The van der Waals surface area contributed by atoms with E-state index in [1.165, 1.54) is 11.1 Å². The van der Waals surface area contributed by atoms with Gasteiger partial charge < -0.3 is 0 Å². The van der Waals surface area contributed by atoms with Crippen molar-refractivity contribution in [2.45, 2.75) is 0 Å². The zero-order valence-corrected chi connectivity index (χ0v) is 33.7. The molecule has 0 saturated carbocycles. The third-order valence-corrected chi connectivity index (χ3v) is 11.5. The Kier molecular flexibility index (Phi) is 9.49. The summed E-state index contributed by atoms with van der Waals surface area (Å²) in [6, 6.07) is 80.4. The van der Waals surface area contributed by atoms with E-state index in [4.69, 9.17) is 19.9 Å². The molecule has 62 heavy (non-hydrogen) atoms. The van der Waals surface area contributed by atoms with Gasteiger partial charge in [0.15, 0.2) is 5.82 Å². The molecule has 0 aliphatic heterocycles. The maximum Gasteiger partial charge on any atom is 0.160 e. The van der Waals surface area contributed by atoms with E-state index < -0.39 is 0 Å². The summed E-state index contributed by atoms with van der Waals surface area (Å²) in [5.74, 6) is 0.697. The van der Waals surface area contributed by atoms with Crippen LogP contribution in [0.5, 0.6) is 0 Å². The van der Waals surface area contributed by atoms with Crippen molar-refractivity contribution in [3.63, 3.8) is 0 Å². The van der Waals surface area contributed by atoms with Crippen molar-refractivity contribution in [3.8, 4) is 89.8 Å². The van der Waals surface area contributed by atoms with E-state index in [2.05, 4.69) is 200 Å². The van der Waals surface area contributed by atoms with Crippen molar-refractivity contribution in [2.24, 2.45) is 0 Å². The third-order valence-electron chi connectivity index (χ3n) is 11.5. The van der Waals surface area contributed by atoms with E-state index in [-0.39, 0.29) is 0 Å². The molecule has 0 unspecified atom stereocenters. The quantitative estimate of drug-likeness (QED) is 0.144. The Labute approximate surface area is 360 Å². The van der Waals surface area contributed by atoms with Crippen LogP contribution < -0.4 is 0 Å². The van der Waals surface area contributed by atoms with Gasteiger partial charge in [0.1, 0.15) is 0 Å². The number of hydrogen-bond donors (Lipinski definition) is 0. The van der Waals surface area contributed by atoms with Crippen molar-refractivity contribution in [2.75, 3.05) is 0 Å². The van der Waals surface area contributed by atoms with Gasteiger partial charge in [-0.15, -0.1) is 0 Å². The highest BCUT2D eigenvalue weighted by Gasteiger charge is 2.15. The summed E-state index contributed by atoms with van der Waals surface area (Å²) in [5, 5.41) is 2.14. The molecule has 11 aromatic rings. The average molecular weight is 791 g/mol. The predicted molar refractivity (Wildman–Crippen MR) is 256 cm³/mol. The molecule has 0 radical (unpaired) electrons. The molecule has 0 atom stereocenters. The summed E-state index contributed by atoms with van der Waals surface area (Å²) in [6.07, 6.45) is 0. The summed E-state index contributed by atoms with van der Waals surface area (Å²) < 4.78 is 0. The lowest BCUT2D eigenvalue weighted by Crippen LogP contribution is -1.96. The zero-order valence-electron chi connectivity index (χ0n) is 33.7. The standard InChI is InChI=1S/C58H38N4/c1-5-13-39(14-6-1)40-21-29-46(30-22-40)54-38-55(62-58(61-54)49-19-11-4-12-20-49)47-31-25-42(26-32-47)41-23-27-45(28-24-41)53-37-51(43-15-7-2-8-16-43)50-35-33-48-34-36-52(44-17-9-3-10-18-44)59-56(48)57(50)60-53/h1-38H. The average Bonchev–Trinajstić information content (AvgIpc) is 3.37. The fraction of sp³-hybridized carbons (Fsp3) is 0. The molecule has 4 nitrogen and oxygen atoms in total. The van der Waals surface area contributed by atoms with Gasteiger partial charge in [0.05, 0.1) is 33.8 Å². The molecule has 0 bridgehead atoms. The van der Waals surface area contributed by atoms with E-state index in [1.54, 1.807) is 0 Å². The molecule has 11 rings (SSSR count). The number of fused-ring (bicyclic) bond motifs is 3. The lowest BCUT2D eigenvalue weighted by atomic mass is 9.96. The third kappa shape index (κ3) is 7.20.